The standard InChI is InChI=1S/C15H21N3S/c1-11-14(12(2)18(3)10-9-16)19-15(17-11)13-7-5-4-6-8-13/h4-8,12H,9-10,16H2,1-3H3. The summed E-state index contributed by atoms with van der Waals surface area (Å²) in [5.74, 6) is 0. The number of likely N-dealkylation sites (N-methyl/N-ethyl adjacent to an activating group) is 1. The maximum atomic E-state index is 5.63. The largest absolute Gasteiger partial charge is 0.329 e. The van der Waals surface area contributed by atoms with Crippen LogP contribution < -0.4 is 5.73 Å². The van der Waals surface area contributed by atoms with Gasteiger partial charge in [-0.1, -0.05) is 30.3 Å². The maximum Gasteiger partial charge on any atom is 0.123 e. The Morgan fingerprint density at radius 3 is 2.63 bits per heavy atom. The van der Waals surface area contributed by atoms with Crippen molar-refractivity contribution in [1.29, 1.82) is 0 Å². The van der Waals surface area contributed by atoms with Crippen LogP contribution in [-0.2, 0) is 0 Å². The first kappa shape index (κ1) is 14.2. The molecular weight excluding hydrogens is 254 g/mol. The van der Waals surface area contributed by atoms with Crippen molar-refractivity contribution in [2.24, 2.45) is 5.73 Å². The first-order valence-electron chi connectivity index (χ1n) is 6.56. The normalized spacial score (nSPS) is 12.9. The monoisotopic (exact) mass is 275 g/mol. The molecule has 19 heavy (non-hydrogen) atoms. The minimum absolute atomic E-state index is 0.360. The molecule has 1 aromatic carbocycles. The van der Waals surface area contributed by atoms with Crippen LogP contribution in [-0.4, -0.2) is 30.0 Å². The molecule has 1 heterocycles. The van der Waals surface area contributed by atoms with Gasteiger partial charge in [-0.05, 0) is 20.9 Å². The summed E-state index contributed by atoms with van der Waals surface area (Å²) < 4.78 is 0. The predicted octanol–water partition coefficient (Wildman–Crippen LogP) is 3.07. The van der Waals surface area contributed by atoms with Gasteiger partial charge < -0.3 is 5.73 Å². The fourth-order valence-electron chi connectivity index (χ4n) is 2.10. The average Bonchev–Trinajstić information content (AvgIpc) is 2.81. The van der Waals surface area contributed by atoms with Crippen LogP contribution in [0.5, 0.6) is 0 Å². The van der Waals surface area contributed by atoms with E-state index in [1.165, 1.54) is 10.4 Å². The molecule has 0 amide bonds. The Bertz CT molecular complexity index is 521. The van der Waals surface area contributed by atoms with E-state index in [2.05, 4.69) is 50.1 Å². The molecule has 1 atom stereocenters. The van der Waals surface area contributed by atoms with Gasteiger partial charge in [-0.25, -0.2) is 4.98 Å². The zero-order chi connectivity index (χ0) is 13.8. The van der Waals surface area contributed by atoms with E-state index in [0.29, 0.717) is 12.6 Å². The topological polar surface area (TPSA) is 42.2 Å². The van der Waals surface area contributed by atoms with Gasteiger partial charge in [0.05, 0.1) is 5.69 Å². The SMILES string of the molecule is Cc1nc(-c2ccccc2)sc1C(C)N(C)CCN. The zero-order valence-corrected chi connectivity index (χ0v) is 12.6. The number of benzene rings is 1. The van der Waals surface area contributed by atoms with Gasteiger partial charge >= 0.3 is 0 Å². The third-order valence-electron chi connectivity index (χ3n) is 3.38. The van der Waals surface area contributed by atoms with Crippen LogP contribution in [0.25, 0.3) is 10.6 Å². The number of nitrogens with two attached hydrogens (primary N) is 1. The van der Waals surface area contributed by atoms with E-state index >= 15 is 0 Å². The smallest absolute Gasteiger partial charge is 0.123 e. The van der Waals surface area contributed by atoms with Crippen LogP contribution in [0.1, 0.15) is 23.5 Å². The minimum atomic E-state index is 0.360. The second-order valence-corrected chi connectivity index (χ2v) is 5.81. The summed E-state index contributed by atoms with van der Waals surface area (Å²) in [5, 5.41) is 1.10. The van der Waals surface area contributed by atoms with Crippen molar-refractivity contribution < 1.29 is 0 Å². The quantitative estimate of drug-likeness (QED) is 0.912. The number of rotatable bonds is 5. The van der Waals surface area contributed by atoms with E-state index < -0.39 is 0 Å². The molecule has 0 bridgehead atoms. The summed E-state index contributed by atoms with van der Waals surface area (Å²) in [6.45, 7) is 5.89. The molecule has 2 N–H and O–H groups in total. The Morgan fingerprint density at radius 2 is 2.00 bits per heavy atom. The lowest BCUT2D eigenvalue weighted by molar-refractivity contribution is 0.271. The van der Waals surface area contributed by atoms with Gasteiger partial charge in [-0.2, -0.15) is 0 Å². The van der Waals surface area contributed by atoms with Crippen molar-refractivity contribution >= 4 is 11.3 Å². The minimum Gasteiger partial charge on any atom is -0.329 e. The van der Waals surface area contributed by atoms with Crippen molar-refractivity contribution in [3.63, 3.8) is 0 Å². The Balaban J connectivity index is 2.26. The third kappa shape index (κ3) is 3.21. The van der Waals surface area contributed by atoms with E-state index in [9.17, 15) is 0 Å². The lowest BCUT2D eigenvalue weighted by Gasteiger charge is -2.23. The van der Waals surface area contributed by atoms with Crippen LogP contribution in [0, 0.1) is 6.92 Å². The molecule has 1 aromatic heterocycles. The molecule has 0 spiro atoms. The molecule has 0 aliphatic rings. The molecule has 0 aliphatic carbocycles. The van der Waals surface area contributed by atoms with Crippen LogP contribution in [0.2, 0.25) is 0 Å². The second-order valence-electron chi connectivity index (χ2n) is 4.78. The first-order valence-corrected chi connectivity index (χ1v) is 7.38. The van der Waals surface area contributed by atoms with Crippen LogP contribution in [0.15, 0.2) is 30.3 Å². The van der Waals surface area contributed by atoms with Crippen molar-refractivity contribution in [2.45, 2.75) is 19.9 Å². The lowest BCUT2D eigenvalue weighted by Crippen LogP contribution is -2.28. The molecule has 2 aromatic rings. The Kier molecular flexibility index (Phi) is 4.69. The van der Waals surface area contributed by atoms with Crippen LogP contribution in [0.4, 0.5) is 0 Å². The molecule has 3 nitrogen and oxygen atoms in total. The molecule has 4 heteroatoms. The van der Waals surface area contributed by atoms with Gasteiger partial charge in [0.2, 0.25) is 0 Å². The maximum absolute atomic E-state index is 5.63. The molecular formula is C15H21N3S. The molecule has 1 unspecified atom stereocenters. The average molecular weight is 275 g/mol. The summed E-state index contributed by atoms with van der Waals surface area (Å²) >= 11 is 1.78. The molecule has 0 radical (unpaired) electrons. The number of hydrogen-bond acceptors (Lipinski definition) is 4. The van der Waals surface area contributed by atoms with Crippen molar-refractivity contribution in [1.82, 2.24) is 9.88 Å². The van der Waals surface area contributed by atoms with Crippen LogP contribution in [0.3, 0.4) is 0 Å². The fraction of sp³-hybridized carbons (Fsp3) is 0.400. The van der Waals surface area contributed by atoms with Crippen LogP contribution >= 0.6 is 11.3 Å². The van der Waals surface area contributed by atoms with Gasteiger partial charge in [0.25, 0.3) is 0 Å². The molecule has 0 fully saturated rings. The predicted molar refractivity (Wildman–Crippen MR) is 82.4 cm³/mol. The highest BCUT2D eigenvalue weighted by Crippen LogP contribution is 2.33. The number of hydrogen-bond donors (Lipinski definition) is 1. The summed E-state index contributed by atoms with van der Waals surface area (Å²) in [5.41, 5.74) is 7.94. The Labute approximate surface area is 119 Å². The molecule has 0 saturated carbocycles. The lowest BCUT2D eigenvalue weighted by atomic mass is 10.2. The molecule has 0 aliphatic heterocycles. The van der Waals surface area contributed by atoms with E-state index in [1.54, 1.807) is 11.3 Å². The number of aryl methyl sites for hydroxylation is 1. The van der Waals surface area contributed by atoms with Gasteiger partial charge in [-0.15, -0.1) is 11.3 Å². The Morgan fingerprint density at radius 1 is 1.32 bits per heavy atom. The molecule has 0 saturated heterocycles. The highest BCUT2D eigenvalue weighted by Gasteiger charge is 2.18. The number of aromatic nitrogens is 1. The van der Waals surface area contributed by atoms with E-state index in [4.69, 9.17) is 10.7 Å². The molecule has 102 valence electrons. The second kappa shape index (κ2) is 6.28. The van der Waals surface area contributed by atoms with Crippen molar-refractivity contribution in [3.05, 3.63) is 40.9 Å². The van der Waals surface area contributed by atoms with Gasteiger partial charge in [-0.3, -0.25) is 4.90 Å². The third-order valence-corrected chi connectivity index (χ3v) is 4.75. The number of nitrogens with zero attached hydrogens (tertiary/aromatic N) is 2. The van der Waals surface area contributed by atoms with E-state index in [1.807, 2.05) is 6.07 Å². The zero-order valence-electron chi connectivity index (χ0n) is 11.8. The highest BCUT2D eigenvalue weighted by molar-refractivity contribution is 7.15. The summed E-state index contributed by atoms with van der Waals surface area (Å²) in [6, 6.07) is 10.7. The van der Waals surface area contributed by atoms with E-state index in [-0.39, 0.29) is 0 Å². The number of thiazole rings is 1. The fourth-order valence-corrected chi connectivity index (χ4v) is 3.29. The highest BCUT2D eigenvalue weighted by atomic mass is 32.1. The van der Waals surface area contributed by atoms with Gasteiger partial charge in [0.1, 0.15) is 5.01 Å². The van der Waals surface area contributed by atoms with Gasteiger partial charge in [0.15, 0.2) is 0 Å². The van der Waals surface area contributed by atoms with Crippen molar-refractivity contribution in [2.75, 3.05) is 20.1 Å². The summed E-state index contributed by atoms with van der Waals surface area (Å²) in [6.07, 6.45) is 0. The molecule has 2 rings (SSSR count). The summed E-state index contributed by atoms with van der Waals surface area (Å²) in [7, 11) is 2.11. The first-order chi connectivity index (χ1) is 9.13. The summed E-state index contributed by atoms with van der Waals surface area (Å²) in [4.78, 5) is 8.31. The Hall–Kier alpha value is -1.23. The van der Waals surface area contributed by atoms with Crippen molar-refractivity contribution in [3.8, 4) is 10.6 Å². The van der Waals surface area contributed by atoms with E-state index in [0.717, 1.165) is 17.2 Å². The van der Waals surface area contributed by atoms with Gasteiger partial charge in [0, 0.05) is 29.6 Å².